The fourth-order valence-corrected chi connectivity index (χ4v) is 4.53. The zero-order chi connectivity index (χ0) is 14.9. The average molecular weight is 373 g/mol. The van der Waals surface area contributed by atoms with E-state index in [-0.39, 0.29) is 6.04 Å². The van der Waals surface area contributed by atoms with Crippen LogP contribution in [0.15, 0.2) is 22.0 Å². The number of thiophene rings is 1. The third-order valence-corrected chi connectivity index (χ3v) is 5.92. The number of nitrogens with one attached hydrogen (secondary N) is 1. The van der Waals surface area contributed by atoms with Crippen LogP contribution in [0.25, 0.3) is 0 Å². The van der Waals surface area contributed by atoms with Gasteiger partial charge in [-0.15, -0.1) is 11.3 Å². The Balaban J connectivity index is 2.54. The van der Waals surface area contributed by atoms with Crippen LogP contribution < -0.4 is 5.32 Å². The van der Waals surface area contributed by atoms with Gasteiger partial charge in [0.2, 0.25) is 0 Å². The van der Waals surface area contributed by atoms with Gasteiger partial charge in [-0.3, -0.25) is 0 Å². The summed E-state index contributed by atoms with van der Waals surface area (Å²) in [5.74, 6) is 0. The molecule has 1 aromatic carbocycles. The Labute approximate surface area is 138 Å². The van der Waals surface area contributed by atoms with Crippen molar-refractivity contribution < 1.29 is 0 Å². The number of aryl methyl sites for hydroxylation is 3. The lowest BCUT2D eigenvalue weighted by Gasteiger charge is -2.22. The lowest BCUT2D eigenvalue weighted by Crippen LogP contribution is -2.23. The highest BCUT2D eigenvalue weighted by Crippen LogP contribution is 2.39. The maximum absolute atomic E-state index is 6.20. The molecule has 4 heteroatoms. The van der Waals surface area contributed by atoms with Crippen molar-refractivity contribution in [3.63, 3.8) is 0 Å². The summed E-state index contributed by atoms with van der Waals surface area (Å²) >= 11 is 11.4. The zero-order valence-electron chi connectivity index (χ0n) is 12.2. The molecule has 0 spiro atoms. The molecule has 0 saturated heterocycles. The molecule has 1 aromatic heterocycles. The zero-order valence-corrected chi connectivity index (χ0v) is 15.3. The van der Waals surface area contributed by atoms with E-state index in [2.05, 4.69) is 67.1 Å². The molecule has 0 amide bonds. The van der Waals surface area contributed by atoms with Gasteiger partial charge in [-0.25, -0.2) is 0 Å². The molecule has 1 unspecified atom stereocenters. The Bertz CT molecular complexity index is 578. The molecular weight excluding hydrogens is 354 g/mol. The van der Waals surface area contributed by atoms with Crippen molar-refractivity contribution in [2.75, 3.05) is 6.54 Å². The van der Waals surface area contributed by atoms with Crippen LogP contribution in [0.2, 0.25) is 5.02 Å². The van der Waals surface area contributed by atoms with Crippen molar-refractivity contribution in [1.82, 2.24) is 5.32 Å². The summed E-state index contributed by atoms with van der Waals surface area (Å²) in [7, 11) is 0. The minimum Gasteiger partial charge on any atom is -0.306 e. The SMILES string of the molecule is CCNC(c1cc(Cl)c(Br)s1)c1c(C)cc(C)cc1C. The average Bonchev–Trinajstić information content (AvgIpc) is 2.67. The van der Waals surface area contributed by atoms with Gasteiger partial charge in [0.15, 0.2) is 0 Å². The van der Waals surface area contributed by atoms with Gasteiger partial charge in [-0.05, 0) is 66.0 Å². The van der Waals surface area contributed by atoms with Gasteiger partial charge in [-0.2, -0.15) is 0 Å². The molecule has 1 N–H and O–H groups in total. The number of hydrogen-bond acceptors (Lipinski definition) is 2. The van der Waals surface area contributed by atoms with E-state index < -0.39 is 0 Å². The molecular formula is C16H19BrClNS. The number of hydrogen-bond donors (Lipinski definition) is 1. The molecule has 0 fully saturated rings. The minimum atomic E-state index is 0.203. The molecule has 108 valence electrons. The van der Waals surface area contributed by atoms with Crippen molar-refractivity contribution in [3.05, 3.63) is 54.1 Å². The predicted molar refractivity (Wildman–Crippen MR) is 93.2 cm³/mol. The Hall–Kier alpha value is -0.350. The number of benzene rings is 1. The molecule has 2 aromatic rings. The number of halogens is 2. The van der Waals surface area contributed by atoms with E-state index >= 15 is 0 Å². The molecule has 0 bridgehead atoms. The van der Waals surface area contributed by atoms with Crippen LogP contribution >= 0.6 is 38.9 Å². The van der Waals surface area contributed by atoms with E-state index in [1.54, 1.807) is 11.3 Å². The van der Waals surface area contributed by atoms with Crippen LogP contribution in [0, 0.1) is 20.8 Å². The van der Waals surface area contributed by atoms with Gasteiger partial charge in [0.1, 0.15) is 0 Å². The first kappa shape index (κ1) is 16.0. The molecule has 0 aliphatic heterocycles. The standard InChI is InChI=1S/C16H19BrClNS/c1-5-19-15(13-8-12(18)16(17)20-13)14-10(3)6-9(2)7-11(14)4/h6-8,15,19H,5H2,1-4H3. The summed E-state index contributed by atoms with van der Waals surface area (Å²) < 4.78 is 1.000. The fourth-order valence-electron chi connectivity index (χ4n) is 2.70. The molecule has 2 rings (SSSR count). The summed E-state index contributed by atoms with van der Waals surface area (Å²) in [6.45, 7) is 9.57. The van der Waals surface area contributed by atoms with Crippen molar-refractivity contribution in [1.29, 1.82) is 0 Å². The van der Waals surface area contributed by atoms with E-state index in [4.69, 9.17) is 11.6 Å². The minimum absolute atomic E-state index is 0.203. The van der Waals surface area contributed by atoms with Gasteiger partial charge in [0.25, 0.3) is 0 Å². The van der Waals surface area contributed by atoms with Gasteiger partial charge in [-0.1, -0.05) is 36.2 Å². The lowest BCUT2D eigenvalue weighted by molar-refractivity contribution is 0.633. The van der Waals surface area contributed by atoms with Gasteiger partial charge >= 0.3 is 0 Å². The second-order valence-electron chi connectivity index (χ2n) is 5.07. The summed E-state index contributed by atoms with van der Waals surface area (Å²) in [4.78, 5) is 1.25. The molecule has 1 nitrogen and oxygen atoms in total. The fraction of sp³-hybridized carbons (Fsp3) is 0.375. The molecule has 0 aliphatic rings. The molecule has 1 heterocycles. The summed E-state index contributed by atoms with van der Waals surface area (Å²) in [5, 5.41) is 4.38. The highest BCUT2D eigenvalue weighted by molar-refractivity contribution is 9.11. The largest absolute Gasteiger partial charge is 0.306 e. The van der Waals surface area contributed by atoms with Gasteiger partial charge < -0.3 is 5.32 Å². The first-order valence-corrected chi connectivity index (χ1v) is 8.68. The highest BCUT2D eigenvalue weighted by Gasteiger charge is 2.20. The highest BCUT2D eigenvalue weighted by atomic mass is 79.9. The first-order chi connectivity index (χ1) is 9.43. The van der Waals surface area contributed by atoms with Crippen molar-refractivity contribution in [2.24, 2.45) is 0 Å². The molecule has 0 radical (unpaired) electrons. The number of rotatable bonds is 4. The smallest absolute Gasteiger partial charge is 0.0888 e. The molecule has 0 saturated carbocycles. The first-order valence-electron chi connectivity index (χ1n) is 6.69. The van der Waals surface area contributed by atoms with Crippen LogP contribution in [0.1, 0.15) is 40.1 Å². The second-order valence-corrected chi connectivity index (χ2v) is 7.88. The van der Waals surface area contributed by atoms with E-state index in [1.807, 2.05) is 0 Å². The second kappa shape index (κ2) is 6.61. The predicted octanol–water partition coefficient (Wildman–Crippen LogP) is 5.79. The lowest BCUT2D eigenvalue weighted by atomic mass is 9.93. The summed E-state index contributed by atoms with van der Waals surface area (Å²) in [6, 6.07) is 6.75. The maximum Gasteiger partial charge on any atom is 0.0888 e. The third kappa shape index (κ3) is 3.28. The quantitative estimate of drug-likeness (QED) is 0.716. The molecule has 0 aliphatic carbocycles. The van der Waals surface area contributed by atoms with Crippen LogP contribution in [-0.2, 0) is 0 Å². The third-order valence-electron chi connectivity index (χ3n) is 3.38. The maximum atomic E-state index is 6.20. The van der Waals surface area contributed by atoms with Gasteiger partial charge in [0.05, 0.1) is 14.9 Å². The van der Waals surface area contributed by atoms with Crippen LogP contribution in [0.3, 0.4) is 0 Å². The Morgan fingerprint density at radius 3 is 2.25 bits per heavy atom. The van der Waals surface area contributed by atoms with E-state index in [0.29, 0.717) is 0 Å². The van der Waals surface area contributed by atoms with Crippen LogP contribution in [0.4, 0.5) is 0 Å². The Morgan fingerprint density at radius 1 is 1.20 bits per heavy atom. The molecule has 20 heavy (non-hydrogen) atoms. The van der Waals surface area contributed by atoms with Crippen molar-refractivity contribution in [2.45, 2.75) is 33.7 Å². The van der Waals surface area contributed by atoms with Crippen LogP contribution in [-0.4, -0.2) is 6.54 Å². The molecule has 1 atom stereocenters. The van der Waals surface area contributed by atoms with Crippen molar-refractivity contribution >= 4 is 38.9 Å². The summed E-state index contributed by atoms with van der Waals surface area (Å²) in [6.07, 6.45) is 0. The Morgan fingerprint density at radius 2 is 1.80 bits per heavy atom. The Kier molecular flexibility index (Phi) is 5.30. The monoisotopic (exact) mass is 371 g/mol. The van der Waals surface area contributed by atoms with E-state index in [1.165, 1.54) is 27.1 Å². The van der Waals surface area contributed by atoms with Crippen LogP contribution in [0.5, 0.6) is 0 Å². The topological polar surface area (TPSA) is 12.0 Å². The van der Waals surface area contributed by atoms with E-state index in [0.717, 1.165) is 15.4 Å². The summed E-state index contributed by atoms with van der Waals surface area (Å²) in [5.41, 5.74) is 5.33. The van der Waals surface area contributed by atoms with Crippen molar-refractivity contribution in [3.8, 4) is 0 Å². The van der Waals surface area contributed by atoms with E-state index in [9.17, 15) is 0 Å². The normalized spacial score (nSPS) is 12.7. The van der Waals surface area contributed by atoms with Gasteiger partial charge in [0, 0.05) is 4.88 Å².